The SMILES string of the molecule is CC(CO)CCCN[C@H]1CCCC[C@@H]1O. The summed E-state index contributed by atoms with van der Waals surface area (Å²) in [6.45, 7) is 3.31. The Kier molecular flexibility index (Phi) is 6.22. The third-order valence-electron chi connectivity index (χ3n) is 3.32. The molecule has 0 spiro atoms. The Morgan fingerprint density at radius 3 is 2.73 bits per heavy atom. The van der Waals surface area contributed by atoms with E-state index in [4.69, 9.17) is 5.11 Å². The van der Waals surface area contributed by atoms with E-state index in [9.17, 15) is 5.11 Å². The summed E-state index contributed by atoms with van der Waals surface area (Å²) >= 11 is 0. The van der Waals surface area contributed by atoms with Crippen molar-refractivity contribution in [2.24, 2.45) is 5.92 Å². The van der Waals surface area contributed by atoms with Crippen LogP contribution in [-0.2, 0) is 0 Å². The molecule has 0 aliphatic heterocycles. The molecule has 0 amide bonds. The summed E-state index contributed by atoms with van der Waals surface area (Å²) in [7, 11) is 0. The normalized spacial score (nSPS) is 29.0. The summed E-state index contributed by atoms with van der Waals surface area (Å²) in [5.74, 6) is 0.406. The summed E-state index contributed by atoms with van der Waals surface area (Å²) in [6.07, 6.45) is 6.47. The third kappa shape index (κ3) is 4.96. The van der Waals surface area contributed by atoms with Gasteiger partial charge in [-0.3, -0.25) is 0 Å². The van der Waals surface area contributed by atoms with Crippen molar-refractivity contribution in [1.29, 1.82) is 0 Å². The van der Waals surface area contributed by atoms with E-state index in [1.54, 1.807) is 0 Å². The highest BCUT2D eigenvalue weighted by atomic mass is 16.3. The molecule has 3 atom stereocenters. The van der Waals surface area contributed by atoms with Crippen molar-refractivity contribution in [3.05, 3.63) is 0 Å². The van der Waals surface area contributed by atoms with Gasteiger partial charge in [-0.15, -0.1) is 0 Å². The van der Waals surface area contributed by atoms with Crippen LogP contribution in [-0.4, -0.2) is 35.5 Å². The van der Waals surface area contributed by atoms with Gasteiger partial charge in [0.1, 0.15) is 0 Å². The first-order valence-electron chi connectivity index (χ1n) is 6.26. The molecule has 90 valence electrons. The Hall–Kier alpha value is -0.120. The maximum Gasteiger partial charge on any atom is 0.0693 e. The van der Waals surface area contributed by atoms with Crippen LogP contribution in [0, 0.1) is 5.92 Å². The van der Waals surface area contributed by atoms with E-state index in [1.807, 2.05) is 0 Å². The van der Waals surface area contributed by atoms with E-state index >= 15 is 0 Å². The van der Waals surface area contributed by atoms with Crippen molar-refractivity contribution in [1.82, 2.24) is 5.32 Å². The molecule has 1 aliphatic carbocycles. The summed E-state index contributed by atoms with van der Waals surface area (Å²) in [5, 5.41) is 22.0. The Balaban J connectivity index is 2.03. The Labute approximate surface area is 92.9 Å². The first kappa shape index (κ1) is 12.9. The molecule has 3 nitrogen and oxygen atoms in total. The lowest BCUT2D eigenvalue weighted by atomic mass is 9.92. The lowest BCUT2D eigenvalue weighted by Crippen LogP contribution is -2.42. The predicted octanol–water partition coefficient (Wildman–Crippen LogP) is 1.29. The highest BCUT2D eigenvalue weighted by molar-refractivity contribution is 4.80. The van der Waals surface area contributed by atoms with E-state index in [1.165, 1.54) is 12.8 Å². The van der Waals surface area contributed by atoms with Gasteiger partial charge >= 0.3 is 0 Å². The van der Waals surface area contributed by atoms with Crippen LogP contribution in [0.15, 0.2) is 0 Å². The second kappa shape index (κ2) is 7.20. The van der Waals surface area contributed by atoms with E-state index < -0.39 is 0 Å². The maximum atomic E-state index is 9.72. The van der Waals surface area contributed by atoms with Crippen LogP contribution >= 0.6 is 0 Å². The van der Waals surface area contributed by atoms with Gasteiger partial charge < -0.3 is 15.5 Å². The molecule has 0 heterocycles. The summed E-state index contributed by atoms with van der Waals surface area (Å²) < 4.78 is 0. The van der Waals surface area contributed by atoms with E-state index in [0.29, 0.717) is 12.0 Å². The van der Waals surface area contributed by atoms with Crippen LogP contribution in [0.1, 0.15) is 45.4 Å². The summed E-state index contributed by atoms with van der Waals surface area (Å²) in [6, 6.07) is 0.309. The van der Waals surface area contributed by atoms with Crippen LogP contribution in [0.4, 0.5) is 0 Å². The van der Waals surface area contributed by atoms with Crippen LogP contribution in [0.3, 0.4) is 0 Å². The average molecular weight is 215 g/mol. The third-order valence-corrected chi connectivity index (χ3v) is 3.32. The lowest BCUT2D eigenvalue weighted by Gasteiger charge is -2.28. The molecule has 1 aliphatic rings. The molecule has 0 saturated heterocycles. The molecule has 0 aromatic heterocycles. The molecular formula is C12H25NO2. The van der Waals surface area contributed by atoms with E-state index in [2.05, 4.69) is 12.2 Å². The minimum absolute atomic E-state index is 0.144. The van der Waals surface area contributed by atoms with Crippen molar-refractivity contribution in [2.75, 3.05) is 13.2 Å². The number of rotatable bonds is 6. The first-order valence-corrected chi connectivity index (χ1v) is 6.26. The van der Waals surface area contributed by atoms with Gasteiger partial charge in [0, 0.05) is 12.6 Å². The quantitative estimate of drug-likeness (QED) is 0.585. The second-order valence-corrected chi connectivity index (χ2v) is 4.84. The largest absolute Gasteiger partial charge is 0.396 e. The van der Waals surface area contributed by atoms with Crippen LogP contribution < -0.4 is 5.32 Å². The van der Waals surface area contributed by atoms with E-state index in [0.717, 1.165) is 32.2 Å². The molecule has 0 bridgehead atoms. The maximum absolute atomic E-state index is 9.72. The van der Waals surface area contributed by atoms with Gasteiger partial charge in [0.05, 0.1) is 6.10 Å². The topological polar surface area (TPSA) is 52.5 Å². The smallest absolute Gasteiger partial charge is 0.0693 e. The molecule has 3 heteroatoms. The number of hydrogen-bond acceptors (Lipinski definition) is 3. The molecule has 1 rings (SSSR count). The predicted molar refractivity (Wildman–Crippen MR) is 61.7 cm³/mol. The number of hydrogen-bond donors (Lipinski definition) is 3. The molecule has 1 fully saturated rings. The monoisotopic (exact) mass is 215 g/mol. The van der Waals surface area contributed by atoms with Crippen molar-refractivity contribution in [3.8, 4) is 0 Å². The van der Waals surface area contributed by atoms with Crippen LogP contribution in [0.5, 0.6) is 0 Å². The standard InChI is InChI=1S/C12H25NO2/c1-10(9-14)5-4-8-13-11-6-2-3-7-12(11)15/h10-15H,2-9H2,1H3/t10?,11-,12-/m0/s1. The van der Waals surface area contributed by atoms with Crippen molar-refractivity contribution in [3.63, 3.8) is 0 Å². The minimum atomic E-state index is -0.144. The molecule has 1 saturated carbocycles. The fourth-order valence-corrected chi connectivity index (χ4v) is 2.18. The fraction of sp³-hybridized carbons (Fsp3) is 1.00. The van der Waals surface area contributed by atoms with Crippen molar-refractivity contribution < 1.29 is 10.2 Å². The summed E-state index contributed by atoms with van der Waals surface area (Å²) in [5.41, 5.74) is 0. The molecule has 1 unspecified atom stereocenters. The number of aliphatic hydroxyl groups excluding tert-OH is 2. The molecular weight excluding hydrogens is 190 g/mol. The number of nitrogens with one attached hydrogen (secondary N) is 1. The minimum Gasteiger partial charge on any atom is -0.396 e. The van der Waals surface area contributed by atoms with Gasteiger partial charge in [0.25, 0.3) is 0 Å². The van der Waals surface area contributed by atoms with Gasteiger partial charge in [0.2, 0.25) is 0 Å². The zero-order chi connectivity index (χ0) is 11.1. The zero-order valence-corrected chi connectivity index (χ0v) is 9.78. The van der Waals surface area contributed by atoms with Crippen molar-refractivity contribution >= 4 is 0 Å². The molecule has 3 N–H and O–H groups in total. The van der Waals surface area contributed by atoms with Crippen LogP contribution in [0.25, 0.3) is 0 Å². The molecule has 0 aromatic rings. The highest BCUT2D eigenvalue weighted by Crippen LogP contribution is 2.18. The van der Waals surface area contributed by atoms with Crippen LogP contribution in [0.2, 0.25) is 0 Å². The van der Waals surface area contributed by atoms with Gasteiger partial charge in [-0.1, -0.05) is 19.8 Å². The number of aliphatic hydroxyl groups is 2. The van der Waals surface area contributed by atoms with Gasteiger partial charge in [0.15, 0.2) is 0 Å². The zero-order valence-electron chi connectivity index (χ0n) is 9.78. The van der Waals surface area contributed by atoms with Crippen molar-refractivity contribution in [2.45, 2.75) is 57.6 Å². The van der Waals surface area contributed by atoms with Gasteiger partial charge in [-0.2, -0.15) is 0 Å². The van der Waals surface area contributed by atoms with Gasteiger partial charge in [-0.05, 0) is 38.1 Å². The Bertz CT molecular complexity index is 164. The first-order chi connectivity index (χ1) is 7.24. The molecule has 0 aromatic carbocycles. The molecule has 15 heavy (non-hydrogen) atoms. The lowest BCUT2D eigenvalue weighted by molar-refractivity contribution is 0.0906. The Morgan fingerprint density at radius 1 is 1.33 bits per heavy atom. The molecule has 0 radical (unpaired) electrons. The summed E-state index contributed by atoms with van der Waals surface area (Å²) in [4.78, 5) is 0. The Morgan fingerprint density at radius 2 is 2.07 bits per heavy atom. The van der Waals surface area contributed by atoms with E-state index in [-0.39, 0.29) is 12.7 Å². The highest BCUT2D eigenvalue weighted by Gasteiger charge is 2.21. The fourth-order valence-electron chi connectivity index (χ4n) is 2.18. The van der Waals surface area contributed by atoms with Gasteiger partial charge in [-0.25, -0.2) is 0 Å². The average Bonchev–Trinajstić information content (AvgIpc) is 2.26. The second-order valence-electron chi connectivity index (χ2n) is 4.84.